The molecule has 0 aliphatic carbocycles. The first-order valence-electron chi connectivity index (χ1n) is 10.4. The normalized spacial score (nSPS) is 16.0. The van der Waals surface area contributed by atoms with Gasteiger partial charge in [0, 0.05) is 61.7 Å². The summed E-state index contributed by atoms with van der Waals surface area (Å²) in [6, 6.07) is 16.9. The van der Waals surface area contributed by atoms with E-state index in [-0.39, 0.29) is 0 Å². The Balaban J connectivity index is 1.57. The van der Waals surface area contributed by atoms with Crippen LogP contribution < -0.4 is 4.74 Å². The molecule has 4 rings (SSSR count). The van der Waals surface area contributed by atoms with Crippen LogP contribution in [0, 0.1) is 0 Å². The van der Waals surface area contributed by atoms with Crippen LogP contribution in [0.1, 0.15) is 25.1 Å². The monoisotopic (exact) mass is 411 g/mol. The van der Waals surface area contributed by atoms with Crippen molar-refractivity contribution in [1.82, 2.24) is 14.4 Å². The molecule has 1 aliphatic heterocycles. The molecule has 29 heavy (non-hydrogen) atoms. The molecule has 0 bridgehead atoms. The lowest BCUT2D eigenvalue weighted by atomic mass is 10.1. The Labute approximate surface area is 178 Å². The number of fused-ring (bicyclic) bond motifs is 1. The molecule has 0 radical (unpaired) electrons. The SMILES string of the molecule is CC(C)N1CCN(Cc2c(COc3ccc(Cl)cc3)n(C)c3ccccc23)CC1. The first-order valence-corrected chi connectivity index (χ1v) is 10.8. The van der Waals surface area contributed by atoms with Gasteiger partial charge in [0.2, 0.25) is 0 Å². The lowest BCUT2D eigenvalue weighted by Gasteiger charge is -2.37. The van der Waals surface area contributed by atoms with E-state index in [9.17, 15) is 0 Å². The standard InChI is InChI=1S/C24H30ClN3O/c1-18(2)28-14-12-27(13-15-28)16-22-21-6-4-5-7-23(21)26(3)24(22)17-29-20-10-8-19(25)9-11-20/h4-11,18H,12-17H2,1-3H3. The van der Waals surface area contributed by atoms with E-state index in [0.717, 1.165) is 43.5 Å². The number of piperazine rings is 1. The number of aromatic nitrogens is 1. The van der Waals surface area contributed by atoms with E-state index in [2.05, 4.69) is 59.5 Å². The van der Waals surface area contributed by atoms with Crippen LogP contribution in [0.4, 0.5) is 0 Å². The first kappa shape index (κ1) is 20.3. The van der Waals surface area contributed by atoms with E-state index in [1.165, 1.54) is 22.2 Å². The fourth-order valence-electron chi connectivity index (χ4n) is 4.23. The van der Waals surface area contributed by atoms with Crippen molar-refractivity contribution in [3.8, 4) is 5.75 Å². The van der Waals surface area contributed by atoms with Gasteiger partial charge >= 0.3 is 0 Å². The van der Waals surface area contributed by atoms with Gasteiger partial charge in [0.05, 0.1) is 5.69 Å². The molecule has 0 N–H and O–H groups in total. The smallest absolute Gasteiger partial charge is 0.129 e. The van der Waals surface area contributed by atoms with Crippen LogP contribution in [-0.4, -0.2) is 46.6 Å². The predicted molar refractivity (Wildman–Crippen MR) is 121 cm³/mol. The summed E-state index contributed by atoms with van der Waals surface area (Å²) in [4.78, 5) is 5.14. The highest BCUT2D eigenvalue weighted by Crippen LogP contribution is 2.28. The summed E-state index contributed by atoms with van der Waals surface area (Å²) in [6.45, 7) is 10.6. The largest absolute Gasteiger partial charge is 0.487 e. The number of rotatable bonds is 6. The van der Waals surface area contributed by atoms with Crippen molar-refractivity contribution in [2.75, 3.05) is 26.2 Å². The first-order chi connectivity index (χ1) is 14.0. The number of hydrogen-bond donors (Lipinski definition) is 0. The average molecular weight is 412 g/mol. The van der Waals surface area contributed by atoms with E-state index in [0.29, 0.717) is 12.6 Å². The maximum absolute atomic E-state index is 6.13. The Kier molecular flexibility index (Phi) is 6.14. The van der Waals surface area contributed by atoms with Gasteiger partial charge in [-0.3, -0.25) is 9.80 Å². The molecule has 0 saturated carbocycles. The van der Waals surface area contributed by atoms with Crippen molar-refractivity contribution in [2.45, 2.75) is 33.0 Å². The Morgan fingerprint density at radius 2 is 1.66 bits per heavy atom. The minimum Gasteiger partial charge on any atom is -0.487 e. The van der Waals surface area contributed by atoms with Gasteiger partial charge in [0.15, 0.2) is 0 Å². The highest BCUT2D eigenvalue weighted by atomic mass is 35.5. The van der Waals surface area contributed by atoms with E-state index >= 15 is 0 Å². The Bertz CT molecular complexity index is 956. The zero-order valence-electron chi connectivity index (χ0n) is 17.6. The third-order valence-corrected chi connectivity index (χ3v) is 6.30. The molecule has 4 nitrogen and oxygen atoms in total. The summed E-state index contributed by atoms with van der Waals surface area (Å²) in [5, 5.41) is 2.05. The van der Waals surface area contributed by atoms with Gasteiger partial charge in [0.1, 0.15) is 12.4 Å². The van der Waals surface area contributed by atoms with Gasteiger partial charge in [-0.15, -0.1) is 0 Å². The highest BCUT2D eigenvalue weighted by Gasteiger charge is 2.22. The van der Waals surface area contributed by atoms with Gasteiger partial charge in [-0.25, -0.2) is 0 Å². The van der Waals surface area contributed by atoms with Gasteiger partial charge in [0.25, 0.3) is 0 Å². The quantitative estimate of drug-likeness (QED) is 0.573. The second-order valence-corrected chi connectivity index (χ2v) is 8.59. The Hall–Kier alpha value is -2.01. The van der Waals surface area contributed by atoms with E-state index in [4.69, 9.17) is 16.3 Å². The molecule has 2 aromatic carbocycles. The van der Waals surface area contributed by atoms with Crippen molar-refractivity contribution in [2.24, 2.45) is 7.05 Å². The van der Waals surface area contributed by atoms with Crippen LogP contribution in [0.15, 0.2) is 48.5 Å². The third-order valence-electron chi connectivity index (χ3n) is 6.05. The van der Waals surface area contributed by atoms with Crippen molar-refractivity contribution in [1.29, 1.82) is 0 Å². The molecule has 3 aromatic rings. The zero-order chi connectivity index (χ0) is 20.4. The lowest BCUT2D eigenvalue weighted by Crippen LogP contribution is -2.48. The number of halogens is 1. The number of benzene rings is 2. The number of nitrogens with zero attached hydrogens (tertiary/aromatic N) is 3. The van der Waals surface area contributed by atoms with E-state index in [1.807, 2.05) is 24.3 Å². The molecule has 1 fully saturated rings. The van der Waals surface area contributed by atoms with E-state index in [1.54, 1.807) is 0 Å². The van der Waals surface area contributed by atoms with Crippen LogP contribution in [0.2, 0.25) is 5.02 Å². The Morgan fingerprint density at radius 3 is 2.34 bits per heavy atom. The second-order valence-electron chi connectivity index (χ2n) is 8.15. The summed E-state index contributed by atoms with van der Waals surface area (Å²) >= 11 is 6.00. The molecule has 1 aromatic heterocycles. The predicted octanol–water partition coefficient (Wildman–Crippen LogP) is 4.94. The van der Waals surface area contributed by atoms with Crippen LogP contribution in [0.5, 0.6) is 5.75 Å². The number of hydrogen-bond acceptors (Lipinski definition) is 3. The van der Waals surface area contributed by atoms with Crippen molar-refractivity contribution in [3.05, 3.63) is 64.8 Å². The van der Waals surface area contributed by atoms with Crippen LogP contribution in [0.25, 0.3) is 10.9 Å². The Morgan fingerprint density at radius 1 is 0.966 bits per heavy atom. The summed E-state index contributed by atoms with van der Waals surface area (Å²) < 4.78 is 8.41. The third kappa shape index (κ3) is 4.45. The van der Waals surface area contributed by atoms with Crippen LogP contribution >= 0.6 is 11.6 Å². The molecule has 1 aliphatic rings. The molecule has 0 amide bonds. The molecular formula is C24H30ClN3O. The molecule has 1 saturated heterocycles. The van der Waals surface area contributed by atoms with Gasteiger partial charge in [-0.1, -0.05) is 29.8 Å². The number of ether oxygens (including phenoxy) is 1. The molecule has 0 unspecified atom stereocenters. The molecule has 154 valence electrons. The van der Waals surface area contributed by atoms with Crippen molar-refractivity contribution < 1.29 is 4.74 Å². The van der Waals surface area contributed by atoms with Crippen molar-refractivity contribution in [3.63, 3.8) is 0 Å². The average Bonchev–Trinajstić information content (AvgIpc) is 2.99. The lowest BCUT2D eigenvalue weighted by molar-refractivity contribution is 0.104. The zero-order valence-corrected chi connectivity index (χ0v) is 18.3. The van der Waals surface area contributed by atoms with Crippen LogP contribution in [-0.2, 0) is 20.2 Å². The summed E-state index contributed by atoms with van der Waals surface area (Å²) in [5.74, 6) is 0.844. The number of aryl methyl sites for hydroxylation is 1. The maximum Gasteiger partial charge on any atom is 0.129 e. The second kappa shape index (κ2) is 8.78. The summed E-state index contributed by atoms with van der Waals surface area (Å²) in [5.41, 5.74) is 3.89. The maximum atomic E-state index is 6.13. The highest BCUT2D eigenvalue weighted by molar-refractivity contribution is 6.30. The molecular weight excluding hydrogens is 382 g/mol. The van der Waals surface area contributed by atoms with Gasteiger partial charge < -0.3 is 9.30 Å². The fraction of sp³-hybridized carbons (Fsp3) is 0.417. The molecule has 5 heteroatoms. The van der Waals surface area contributed by atoms with Crippen LogP contribution in [0.3, 0.4) is 0 Å². The summed E-state index contributed by atoms with van der Waals surface area (Å²) in [7, 11) is 2.14. The van der Waals surface area contributed by atoms with Gasteiger partial charge in [-0.2, -0.15) is 0 Å². The van der Waals surface area contributed by atoms with Gasteiger partial charge in [-0.05, 0) is 49.7 Å². The number of para-hydroxylation sites is 1. The molecule has 0 spiro atoms. The fourth-order valence-corrected chi connectivity index (χ4v) is 4.35. The molecule has 2 heterocycles. The topological polar surface area (TPSA) is 20.6 Å². The van der Waals surface area contributed by atoms with Crippen molar-refractivity contribution >= 4 is 22.5 Å². The minimum atomic E-state index is 0.550. The summed E-state index contributed by atoms with van der Waals surface area (Å²) in [6.07, 6.45) is 0. The molecule has 0 atom stereocenters. The van der Waals surface area contributed by atoms with E-state index < -0.39 is 0 Å². The minimum absolute atomic E-state index is 0.550.